The summed E-state index contributed by atoms with van der Waals surface area (Å²) >= 11 is 1.65. The van der Waals surface area contributed by atoms with Gasteiger partial charge in [-0.25, -0.2) is 4.98 Å². The van der Waals surface area contributed by atoms with E-state index >= 15 is 0 Å². The van der Waals surface area contributed by atoms with Gasteiger partial charge in [-0.2, -0.15) is 0 Å². The van der Waals surface area contributed by atoms with Crippen molar-refractivity contribution >= 4 is 11.3 Å². The Labute approximate surface area is 76.2 Å². The van der Waals surface area contributed by atoms with E-state index in [0.717, 1.165) is 26.1 Å². The van der Waals surface area contributed by atoms with Gasteiger partial charge in [0, 0.05) is 31.1 Å². The molecule has 2 heterocycles. The van der Waals surface area contributed by atoms with Crippen LogP contribution in [0.1, 0.15) is 12.1 Å². The van der Waals surface area contributed by atoms with Crippen molar-refractivity contribution in [1.29, 1.82) is 0 Å². The molecule has 0 aromatic carbocycles. The molecule has 0 radical (unpaired) electrons. The van der Waals surface area contributed by atoms with Gasteiger partial charge >= 0.3 is 0 Å². The third-order valence-electron chi connectivity index (χ3n) is 2.18. The maximum Gasteiger partial charge on any atom is 0.0795 e. The summed E-state index contributed by atoms with van der Waals surface area (Å²) < 4.78 is 0. The quantitative estimate of drug-likeness (QED) is 0.733. The van der Waals surface area contributed by atoms with Crippen molar-refractivity contribution in [3.05, 3.63) is 16.6 Å². The van der Waals surface area contributed by atoms with Crippen LogP contribution in [0.25, 0.3) is 0 Å². The fraction of sp³-hybridized carbons (Fsp3) is 0.625. The normalized spacial score (nSPS) is 24.9. The highest BCUT2D eigenvalue weighted by Crippen LogP contribution is 2.11. The van der Waals surface area contributed by atoms with Crippen LogP contribution in [0.4, 0.5) is 0 Å². The van der Waals surface area contributed by atoms with Gasteiger partial charge in [0.2, 0.25) is 0 Å². The van der Waals surface area contributed by atoms with E-state index in [9.17, 15) is 0 Å². The zero-order valence-electron chi connectivity index (χ0n) is 6.94. The number of nitrogens with two attached hydrogens (primary N) is 1. The molecule has 0 aliphatic carbocycles. The molecule has 1 atom stereocenters. The number of nitrogens with zero attached hydrogens (tertiary/aromatic N) is 2. The first kappa shape index (κ1) is 8.16. The zero-order valence-corrected chi connectivity index (χ0v) is 7.76. The minimum absolute atomic E-state index is 0.378. The lowest BCUT2D eigenvalue weighted by atomic mass is 10.3. The number of hydrogen-bond donors (Lipinski definition) is 1. The molecule has 2 N–H and O–H groups in total. The molecule has 1 fully saturated rings. The first-order valence-electron chi connectivity index (χ1n) is 4.19. The van der Waals surface area contributed by atoms with E-state index in [1.165, 1.54) is 5.69 Å². The molecule has 0 bridgehead atoms. The number of thiazole rings is 1. The summed E-state index contributed by atoms with van der Waals surface area (Å²) in [7, 11) is 0. The summed E-state index contributed by atoms with van der Waals surface area (Å²) in [4.78, 5) is 6.60. The van der Waals surface area contributed by atoms with Crippen molar-refractivity contribution in [3.8, 4) is 0 Å². The Hall–Kier alpha value is -0.450. The van der Waals surface area contributed by atoms with Crippen LogP contribution in [0.3, 0.4) is 0 Å². The van der Waals surface area contributed by atoms with Crippen molar-refractivity contribution < 1.29 is 0 Å². The molecule has 1 aliphatic rings. The van der Waals surface area contributed by atoms with Gasteiger partial charge in [0.15, 0.2) is 0 Å². The van der Waals surface area contributed by atoms with E-state index in [-0.39, 0.29) is 0 Å². The van der Waals surface area contributed by atoms with Gasteiger partial charge in [0.1, 0.15) is 0 Å². The molecule has 0 unspecified atom stereocenters. The zero-order chi connectivity index (χ0) is 8.39. The second-order valence-electron chi connectivity index (χ2n) is 3.26. The molecule has 3 nitrogen and oxygen atoms in total. The van der Waals surface area contributed by atoms with E-state index in [0.29, 0.717) is 6.04 Å². The second kappa shape index (κ2) is 3.51. The maximum atomic E-state index is 5.79. The van der Waals surface area contributed by atoms with Crippen LogP contribution in [0.15, 0.2) is 10.9 Å². The fourth-order valence-electron chi connectivity index (χ4n) is 1.55. The van der Waals surface area contributed by atoms with Crippen LogP contribution >= 0.6 is 11.3 Å². The Morgan fingerprint density at radius 2 is 2.67 bits per heavy atom. The molecule has 0 saturated carbocycles. The molecular weight excluding hydrogens is 170 g/mol. The van der Waals surface area contributed by atoms with Crippen LogP contribution in [0.5, 0.6) is 0 Å². The van der Waals surface area contributed by atoms with Crippen LogP contribution in [0, 0.1) is 0 Å². The summed E-state index contributed by atoms with van der Waals surface area (Å²) in [6.07, 6.45) is 1.13. The molecule has 1 aliphatic heterocycles. The Morgan fingerprint density at radius 1 is 1.75 bits per heavy atom. The smallest absolute Gasteiger partial charge is 0.0795 e. The maximum absolute atomic E-state index is 5.79. The fourth-order valence-corrected chi connectivity index (χ4v) is 2.10. The van der Waals surface area contributed by atoms with Crippen molar-refractivity contribution in [1.82, 2.24) is 9.88 Å². The summed E-state index contributed by atoms with van der Waals surface area (Å²) in [5.41, 5.74) is 8.85. The number of hydrogen-bond acceptors (Lipinski definition) is 4. The van der Waals surface area contributed by atoms with Gasteiger partial charge in [-0.1, -0.05) is 0 Å². The third-order valence-corrected chi connectivity index (χ3v) is 2.81. The molecule has 1 aromatic heterocycles. The van der Waals surface area contributed by atoms with Gasteiger partial charge in [-0.3, -0.25) is 4.90 Å². The molecule has 0 spiro atoms. The van der Waals surface area contributed by atoms with Crippen LogP contribution in [-0.4, -0.2) is 29.0 Å². The molecule has 0 amide bonds. The first-order chi connectivity index (χ1) is 5.84. The van der Waals surface area contributed by atoms with Crippen molar-refractivity contribution in [2.45, 2.75) is 19.0 Å². The Kier molecular flexibility index (Phi) is 2.39. The van der Waals surface area contributed by atoms with Crippen molar-refractivity contribution in [2.75, 3.05) is 13.1 Å². The average Bonchev–Trinajstić information content (AvgIpc) is 2.63. The monoisotopic (exact) mass is 183 g/mol. The second-order valence-corrected chi connectivity index (χ2v) is 3.98. The minimum Gasteiger partial charge on any atom is -0.326 e. The van der Waals surface area contributed by atoms with Gasteiger partial charge in [-0.05, 0) is 6.42 Å². The minimum atomic E-state index is 0.378. The van der Waals surface area contributed by atoms with Gasteiger partial charge in [0.25, 0.3) is 0 Å². The summed E-state index contributed by atoms with van der Waals surface area (Å²) in [5, 5.41) is 2.10. The lowest BCUT2D eigenvalue weighted by Gasteiger charge is -2.12. The average molecular weight is 183 g/mol. The Morgan fingerprint density at radius 3 is 3.25 bits per heavy atom. The van der Waals surface area contributed by atoms with E-state index in [2.05, 4.69) is 15.3 Å². The van der Waals surface area contributed by atoms with Crippen LogP contribution in [0.2, 0.25) is 0 Å². The summed E-state index contributed by atoms with van der Waals surface area (Å²) in [5.74, 6) is 0. The third kappa shape index (κ3) is 1.83. The van der Waals surface area contributed by atoms with Gasteiger partial charge < -0.3 is 5.73 Å². The van der Waals surface area contributed by atoms with E-state index in [4.69, 9.17) is 5.73 Å². The van der Waals surface area contributed by atoms with E-state index < -0.39 is 0 Å². The molecule has 1 aromatic rings. The Balaban J connectivity index is 1.88. The largest absolute Gasteiger partial charge is 0.326 e. The summed E-state index contributed by atoms with van der Waals surface area (Å²) in [6.45, 7) is 3.12. The highest BCUT2D eigenvalue weighted by molar-refractivity contribution is 7.07. The van der Waals surface area contributed by atoms with Crippen LogP contribution < -0.4 is 5.73 Å². The summed E-state index contributed by atoms with van der Waals surface area (Å²) in [6, 6.07) is 0.378. The molecule has 12 heavy (non-hydrogen) atoms. The topological polar surface area (TPSA) is 42.1 Å². The van der Waals surface area contributed by atoms with Gasteiger partial charge in [-0.15, -0.1) is 11.3 Å². The molecule has 4 heteroatoms. The predicted molar refractivity (Wildman–Crippen MR) is 50.0 cm³/mol. The highest BCUT2D eigenvalue weighted by atomic mass is 32.1. The number of likely N-dealkylation sites (tertiary alicyclic amines) is 1. The number of rotatable bonds is 2. The molecule has 2 rings (SSSR count). The van der Waals surface area contributed by atoms with Gasteiger partial charge in [0.05, 0.1) is 11.2 Å². The molecular formula is C8H13N3S. The molecule has 1 saturated heterocycles. The lowest BCUT2D eigenvalue weighted by molar-refractivity contribution is 0.323. The highest BCUT2D eigenvalue weighted by Gasteiger charge is 2.18. The van der Waals surface area contributed by atoms with Crippen molar-refractivity contribution in [3.63, 3.8) is 0 Å². The SMILES string of the molecule is N[C@H]1CCN(Cc2cscn2)C1. The van der Waals surface area contributed by atoms with E-state index in [1.54, 1.807) is 11.3 Å². The van der Waals surface area contributed by atoms with Crippen molar-refractivity contribution in [2.24, 2.45) is 5.73 Å². The number of aromatic nitrogens is 1. The lowest BCUT2D eigenvalue weighted by Crippen LogP contribution is -2.26. The standard InChI is InChI=1S/C8H13N3S/c9-7-1-2-11(3-7)4-8-5-12-6-10-8/h5-7H,1-4,9H2/t7-/m0/s1. The van der Waals surface area contributed by atoms with Crippen LogP contribution in [-0.2, 0) is 6.54 Å². The first-order valence-corrected chi connectivity index (χ1v) is 5.14. The van der Waals surface area contributed by atoms with E-state index in [1.807, 2.05) is 5.51 Å². The molecule has 66 valence electrons. The predicted octanol–water partition coefficient (Wildman–Crippen LogP) is 0.676. The Bertz CT molecular complexity index is 234.